The molecule has 0 spiro atoms. The van der Waals surface area contributed by atoms with Crippen LogP contribution in [0.3, 0.4) is 0 Å². The highest BCUT2D eigenvalue weighted by atomic mass is 35.5. The molecule has 1 aromatic carbocycles. The molecular weight excluding hydrogens is 349 g/mol. The lowest BCUT2D eigenvalue weighted by Gasteiger charge is -2.04. The van der Waals surface area contributed by atoms with Crippen LogP contribution in [0.1, 0.15) is 18.2 Å². The molecule has 1 heterocycles. The Hall–Kier alpha value is -2.18. The quantitative estimate of drug-likeness (QED) is 0.752. The number of thiazole rings is 1. The molecule has 0 unspecified atom stereocenters. The SMILES string of the molecule is C/C=C(\C=C/NC)c1csc(NC(=O)Cc2ccc(F)cc2Cl)n1. The average Bonchev–Trinajstić information content (AvgIpc) is 2.99. The average molecular weight is 366 g/mol. The Balaban J connectivity index is 2.03. The first-order chi connectivity index (χ1) is 11.5. The summed E-state index contributed by atoms with van der Waals surface area (Å²) in [5.41, 5.74) is 2.30. The first kappa shape index (κ1) is 18.2. The van der Waals surface area contributed by atoms with E-state index in [1.54, 1.807) is 0 Å². The minimum absolute atomic E-state index is 0.0597. The number of amides is 1. The summed E-state index contributed by atoms with van der Waals surface area (Å²) >= 11 is 7.28. The molecule has 0 atom stereocenters. The summed E-state index contributed by atoms with van der Waals surface area (Å²) in [6, 6.07) is 3.98. The van der Waals surface area contributed by atoms with Crippen LogP contribution in [0, 0.1) is 5.82 Å². The van der Waals surface area contributed by atoms with Gasteiger partial charge in [0.1, 0.15) is 5.82 Å². The van der Waals surface area contributed by atoms with Crippen LogP contribution in [0.5, 0.6) is 0 Å². The molecule has 0 aliphatic heterocycles. The van der Waals surface area contributed by atoms with Gasteiger partial charge in [-0.05, 0) is 42.5 Å². The van der Waals surface area contributed by atoms with Crippen LogP contribution in [0.15, 0.2) is 41.9 Å². The number of halogens is 2. The molecule has 24 heavy (non-hydrogen) atoms. The number of hydrogen-bond donors (Lipinski definition) is 2. The van der Waals surface area contributed by atoms with Crippen molar-refractivity contribution < 1.29 is 9.18 Å². The Labute approximate surface area is 149 Å². The van der Waals surface area contributed by atoms with E-state index in [1.165, 1.54) is 29.5 Å². The standard InChI is InChI=1S/C17H17ClFN3OS/c1-3-11(6-7-20-2)15-10-24-17(21-15)22-16(23)8-12-4-5-13(19)9-14(12)18/h3-7,9-10,20H,8H2,1-2H3,(H,21,22,23)/b7-6-,11-3+. The van der Waals surface area contributed by atoms with Gasteiger partial charge in [-0.15, -0.1) is 11.3 Å². The van der Waals surface area contributed by atoms with Gasteiger partial charge in [0.15, 0.2) is 5.13 Å². The zero-order valence-corrected chi connectivity index (χ0v) is 14.8. The van der Waals surface area contributed by atoms with Crippen LogP contribution in [-0.4, -0.2) is 17.9 Å². The summed E-state index contributed by atoms with van der Waals surface area (Å²) in [6.07, 6.45) is 5.71. The third kappa shape index (κ3) is 4.91. The third-order valence-corrected chi connectivity index (χ3v) is 4.26. The lowest BCUT2D eigenvalue weighted by molar-refractivity contribution is -0.115. The van der Waals surface area contributed by atoms with Crippen molar-refractivity contribution in [3.05, 3.63) is 64.0 Å². The van der Waals surface area contributed by atoms with Crippen molar-refractivity contribution in [3.63, 3.8) is 0 Å². The number of benzene rings is 1. The van der Waals surface area contributed by atoms with Gasteiger partial charge in [0.05, 0.1) is 12.1 Å². The molecular formula is C17H17ClFN3OS. The Morgan fingerprint density at radius 3 is 2.92 bits per heavy atom. The molecule has 0 saturated carbocycles. The van der Waals surface area contributed by atoms with Gasteiger partial charge in [-0.3, -0.25) is 4.79 Å². The van der Waals surface area contributed by atoms with Gasteiger partial charge < -0.3 is 10.6 Å². The fraction of sp³-hybridized carbons (Fsp3) is 0.176. The van der Waals surface area contributed by atoms with Crippen LogP contribution < -0.4 is 10.6 Å². The molecule has 1 aromatic heterocycles. The van der Waals surface area contributed by atoms with Crippen molar-refractivity contribution >= 4 is 39.5 Å². The number of hydrogen-bond acceptors (Lipinski definition) is 4. The summed E-state index contributed by atoms with van der Waals surface area (Å²) in [6.45, 7) is 1.92. The van der Waals surface area contributed by atoms with Gasteiger partial charge in [0.2, 0.25) is 5.91 Å². The second-order valence-corrected chi connectivity index (χ2v) is 6.13. The van der Waals surface area contributed by atoms with E-state index < -0.39 is 5.82 Å². The fourth-order valence-corrected chi connectivity index (χ4v) is 2.94. The maximum absolute atomic E-state index is 13.0. The van der Waals surface area contributed by atoms with E-state index in [0.717, 1.165) is 11.3 Å². The van der Waals surface area contributed by atoms with E-state index in [2.05, 4.69) is 15.6 Å². The van der Waals surface area contributed by atoms with Crippen molar-refractivity contribution in [2.45, 2.75) is 13.3 Å². The molecule has 0 radical (unpaired) electrons. The number of allylic oxidation sites excluding steroid dienone is 3. The van der Waals surface area contributed by atoms with E-state index in [-0.39, 0.29) is 17.4 Å². The number of nitrogens with zero attached hydrogens (tertiary/aromatic N) is 1. The van der Waals surface area contributed by atoms with Crippen LogP contribution in [0.25, 0.3) is 5.57 Å². The maximum Gasteiger partial charge on any atom is 0.230 e. The summed E-state index contributed by atoms with van der Waals surface area (Å²) in [5.74, 6) is -0.681. The Morgan fingerprint density at radius 1 is 1.46 bits per heavy atom. The van der Waals surface area contributed by atoms with Gasteiger partial charge in [0.25, 0.3) is 0 Å². The van der Waals surface area contributed by atoms with E-state index in [9.17, 15) is 9.18 Å². The molecule has 0 aliphatic carbocycles. The second kappa shape index (κ2) is 8.61. The minimum Gasteiger partial charge on any atom is -0.394 e. The van der Waals surface area contributed by atoms with Crippen molar-refractivity contribution in [2.75, 3.05) is 12.4 Å². The Bertz CT molecular complexity index is 786. The highest BCUT2D eigenvalue weighted by Gasteiger charge is 2.11. The van der Waals surface area contributed by atoms with E-state index in [0.29, 0.717) is 10.7 Å². The Kier molecular flexibility index (Phi) is 6.52. The number of anilines is 1. The maximum atomic E-state index is 13.0. The van der Waals surface area contributed by atoms with Gasteiger partial charge in [-0.1, -0.05) is 23.7 Å². The highest BCUT2D eigenvalue weighted by Crippen LogP contribution is 2.23. The fourth-order valence-electron chi connectivity index (χ4n) is 1.97. The van der Waals surface area contributed by atoms with Crippen LogP contribution in [0.2, 0.25) is 5.02 Å². The lowest BCUT2D eigenvalue weighted by Crippen LogP contribution is -2.14. The molecule has 2 aromatic rings. The van der Waals surface area contributed by atoms with Crippen molar-refractivity contribution in [3.8, 4) is 0 Å². The van der Waals surface area contributed by atoms with Crippen molar-refractivity contribution in [1.29, 1.82) is 0 Å². The summed E-state index contributed by atoms with van der Waals surface area (Å²) < 4.78 is 13.0. The van der Waals surface area contributed by atoms with E-state index in [4.69, 9.17) is 11.6 Å². The summed E-state index contributed by atoms with van der Waals surface area (Å²) in [7, 11) is 1.82. The first-order valence-electron chi connectivity index (χ1n) is 7.23. The minimum atomic E-state index is -0.428. The monoisotopic (exact) mass is 365 g/mol. The molecule has 0 bridgehead atoms. The predicted molar refractivity (Wildman–Crippen MR) is 97.7 cm³/mol. The van der Waals surface area contributed by atoms with Crippen LogP contribution in [0.4, 0.5) is 9.52 Å². The highest BCUT2D eigenvalue weighted by molar-refractivity contribution is 7.14. The van der Waals surface area contributed by atoms with Crippen molar-refractivity contribution in [1.82, 2.24) is 10.3 Å². The number of rotatable bonds is 6. The number of carbonyl (C=O) groups is 1. The van der Waals surface area contributed by atoms with Gasteiger partial charge >= 0.3 is 0 Å². The zero-order valence-electron chi connectivity index (χ0n) is 13.3. The van der Waals surface area contributed by atoms with Gasteiger partial charge in [-0.2, -0.15) is 0 Å². The molecule has 0 aliphatic rings. The molecule has 4 nitrogen and oxygen atoms in total. The third-order valence-electron chi connectivity index (χ3n) is 3.15. The molecule has 0 saturated heterocycles. The summed E-state index contributed by atoms with van der Waals surface area (Å²) in [5, 5.41) is 8.27. The smallest absolute Gasteiger partial charge is 0.230 e. The Morgan fingerprint density at radius 2 is 2.25 bits per heavy atom. The lowest BCUT2D eigenvalue weighted by atomic mass is 10.1. The normalized spacial score (nSPS) is 11.8. The van der Waals surface area contributed by atoms with Crippen LogP contribution >= 0.6 is 22.9 Å². The van der Waals surface area contributed by atoms with Crippen LogP contribution in [-0.2, 0) is 11.2 Å². The number of carbonyl (C=O) groups excluding carboxylic acids is 1. The molecule has 126 valence electrons. The predicted octanol–water partition coefficient (Wildman–Crippen LogP) is 4.25. The topological polar surface area (TPSA) is 54.0 Å². The molecule has 1 amide bonds. The largest absolute Gasteiger partial charge is 0.394 e. The molecule has 2 rings (SSSR count). The number of aromatic nitrogens is 1. The first-order valence-corrected chi connectivity index (χ1v) is 8.49. The molecule has 2 N–H and O–H groups in total. The summed E-state index contributed by atoms with van der Waals surface area (Å²) in [4.78, 5) is 16.5. The van der Waals surface area contributed by atoms with E-state index >= 15 is 0 Å². The molecule has 0 fully saturated rings. The zero-order chi connectivity index (χ0) is 17.5. The molecule has 7 heteroatoms. The number of nitrogens with one attached hydrogen (secondary N) is 2. The second-order valence-electron chi connectivity index (χ2n) is 4.86. The van der Waals surface area contributed by atoms with Gasteiger partial charge in [-0.25, -0.2) is 9.37 Å². The van der Waals surface area contributed by atoms with E-state index in [1.807, 2.05) is 37.7 Å². The van der Waals surface area contributed by atoms with Gasteiger partial charge in [0, 0.05) is 17.5 Å². The van der Waals surface area contributed by atoms with Crippen molar-refractivity contribution in [2.24, 2.45) is 0 Å².